The van der Waals surface area contributed by atoms with Gasteiger partial charge < -0.3 is 5.73 Å². The molecule has 2 heterocycles. The monoisotopic (exact) mass is 397 g/mol. The molecule has 0 aliphatic heterocycles. The maximum Gasteiger partial charge on any atom is 0.175 e. The Balaban J connectivity index is 1.89. The van der Waals surface area contributed by atoms with Gasteiger partial charge in [-0.2, -0.15) is 0 Å². The molecule has 0 saturated heterocycles. The molecule has 0 unspecified atom stereocenters. The van der Waals surface area contributed by atoms with Crippen LogP contribution < -0.4 is 5.73 Å². The van der Waals surface area contributed by atoms with Gasteiger partial charge in [0, 0.05) is 11.6 Å². The van der Waals surface area contributed by atoms with Crippen molar-refractivity contribution < 1.29 is 8.42 Å². The minimum atomic E-state index is -3.26. The second kappa shape index (κ2) is 6.58. The zero-order valence-corrected chi connectivity index (χ0v) is 16.7. The number of fused-ring (bicyclic) bond motifs is 3. The van der Waals surface area contributed by atoms with Crippen molar-refractivity contribution in [1.82, 2.24) is 9.97 Å². The smallest absolute Gasteiger partial charge is 0.175 e. The zero-order chi connectivity index (χ0) is 19.2. The minimum absolute atomic E-state index is 0.301. The Hall–Kier alpha value is -2.51. The fraction of sp³-hybridized carbons (Fsp3) is 0.200. The van der Waals surface area contributed by atoms with Crippen molar-refractivity contribution in [2.24, 2.45) is 0 Å². The summed E-state index contributed by atoms with van der Waals surface area (Å²) in [6.07, 6.45) is 3.17. The number of rotatable bonds is 4. The number of aryl methyl sites for hydroxylation is 1. The highest BCUT2D eigenvalue weighted by atomic mass is 32.2. The molecule has 2 aromatic carbocycles. The third kappa shape index (κ3) is 3.28. The number of nitrogens with two attached hydrogens (primary N) is 1. The van der Waals surface area contributed by atoms with E-state index in [0.29, 0.717) is 10.7 Å². The van der Waals surface area contributed by atoms with Crippen LogP contribution in [0.15, 0.2) is 47.4 Å². The van der Waals surface area contributed by atoms with Gasteiger partial charge in [-0.1, -0.05) is 31.2 Å². The summed E-state index contributed by atoms with van der Waals surface area (Å²) in [6, 6.07) is 12.9. The summed E-state index contributed by atoms with van der Waals surface area (Å²) in [4.78, 5) is 9.47. The summed E-state index contributed by atoms with van der Waals surface area (Å²) in [5.41, 5.74) is 9.44. The van der Waals surface area contributed by atoms with E-state index in [1.54, 1.807) is 29.5 Å². The van der Waals surface area contributed by atoms with Crippen LogP contribution >= 0.6 is 11.3 Å². The van der Waals surface area contributed by atoms with Crippen molar-refractivity contribution in [3.63, 3.8) is 0 Å². The average Bonchev–Trinajstić information content (AvgIpc) is 3.06. The van der Waals surface area contributed by atoms with Crippen molar-refractivity contribution >= 4 is 48.1 Å². The number of thiazole rings is 1. The molecule has 0 fully saturated rings. The van der Waals surface area contributed by atoms with Crippen LogP contribution in [0.3, 0.4) is 0 Å². The van der Waals surface area contributed by atoms with Crippen molar-refractivity contribution in [3.8, 4) is 11.1 Å². The van der Waals surface area contributed by atoms with Gasteiger partial charge >= 0.3 is 0 Å². The van der Waals surface area contributed by atoms with Crippen molar-refractivity contribution in [3.05, 3.63) is 47.5 Å². The largest absolute Gasteiger partial charge is 0.382 e. The Morgan fingerprint density at radius 1 is 1.07 bits per heavy atom. The molecule has 0 radical (unpaired) electrons. The first-order valence-corrected chi connectivity index (χ1v) is 11.4. The van der Waals surface area contributed by atoms with Crippen molar-refractivity contribution in [2.45, 2.75) is 24.7 Å². The summed E-state index contributed by atoms with van der Waals surface area (Å²) in [6.45, 7) is 2.13. The van der Waals surface area contributed by atoms with Crippen LogP contribution in [0.5, 0.6) is 0 Å². The molecular weight excluding hydrogens is 378 g/mol. The fourth-order valence-electron chi connectivity index (χ4n) is 3.13. The quantitative estimate of drug-likeness (QED) is 0.550. The van der Waals surface area contributed by atoms with E-state index in [4.69, 9.17) is 5.73 Å². The predicted molar refractivity (Wildman–Crippen MR) is 112 cm³/mol. The molecule has 0 aliphatic carbocycles. The van der Waals surface area contributed by atoms with Crippen LogP contribution in [-0.4, -0.2) is 24.6 Å². The normalized spacial score (nSPS) is 12.1. The number of pyridine rings is 1. The Kier molecular flexibility index (Phi) is 4.36. The van der Waals surface area contributed by atoms with Gasteiger partial charge in [0.05, 0.1) is 20.1 Å². The summed E-state index contributed by atoms with van der Waals surface area (Å²) >= 11 is 1.66. The molecule has 0 saturated carbocycles. The number of hydrogen-bond acceptors (Lipinski definition) is 6. The molecule has 4 aromatic rings. The van der Waals surface area contributed by atoms with Crippen molar-refractivity contribution in [1.29, 1.82) is 0 Å². The molecule has 2 N–H and O–H groups in total. The van der Waals surface area contributed by atoms with Gasteiger partial charge in [-0.05, 0) is 42.2 Å². The molecule has 0 spiro atoms. The number of anilines is 1. The Morgan fingerprint density at radius 3 is 2.59 bits per heavy atom. The standard InChI is InChI=1S/C20H19N3O2S2/c1-3-5-17-23-18-19(26-17)15-9-8-13(11-16(15)22-20(18)21)12-6-4-7-14(10-12)27(2,24)25/h4,6-11H,3,5H2,1-2H3,(H2,21,22). The van der Waals surface area contributed by atoms with Gasteiger partial charge in [0.2, 0.25) is 0 Å². The first kappa shape index (κ1) is 17.9. The minimum Gasteiger partial charge on any atom is -0.382 e. The van der Waals surface area contributed by atoms with E-state index in [9.17, 15) is 8.42 Å². The lowest BCUT2D eigenvalue weighted by Gasteiger charge is -2.07. The number of aromatic nitrogens is 2. The third-order valence-corrected chi connectivity index (χ3v) is 6.72. The van der Waals surface area contributed by atoms with E-state index in [2.05, 4.69) is 16.9 Å². The van der Waals surface area contributed by atoms with Gasteiger partial charge in [0.15, 0.2) is 15.7 Å². The van der Waals surface area contributed by atoms with Gasteiger partial charge in [0.1, 0.15) is 5.52 Å². The van der Waals surface area contributed by atoms with E-state index in [1.165, 1.54) is 6.26 Å². The number of nitrogen functional groups attached to an aromatic ring is 1. The summed E-state index contributed by atoms with van der Waals surface area (Å²) < 4.78 is 24.7. The maximum atomic E-state index is 11.8. The highest BCUT2D eigenvalue weighted by molar-refractivity contribution is 7.90. The number of nitrogens with zero attached hydrogens (tertiary/aromatic N) is 2. The number of sulfone groups is 1. The van der Waals surface area contributed by atoms with Gasteiger partial charge in [-0.15, -0.1) is 11.3 Å². The highest BCUT2D eigenvalue weighted by Gasteiger charge is 2.14. The van der Waals surface area contributed by atoms with E-state index in [1.807, 2.05) is 24.3 Å². The van der Waals surface area contributed by atoms with E-state index < -0.39 is 9.84 Å². The Morgan fingerprint density at radius 2 is 1.85 bits per heavy atom. The van der Waals surface area contributed by atoms with Crippen LogP contribution in [-0.2, 0) is 16.3 Å². The lowest BCUT2D eigenvalue weighted by molar-refractivity contribution is 0.602. The highest BCUT2D eigenvalue weighted by Crippen LogP contribution is 2.35. The molecule has 4 rings (SSSR count). The SMILES string of the molecule is CCCc1nc2c(N)nc3cc(-c4cccc(S(C)(=O)=O)c4)ccc3c2s1. The Labute approximate surface area is 161 Å². The average molecular weight is 398 g/mol. The molecule has 7 heteroatoms. The van der Waals surface area contributed by atoms with E-state index in [0.717, 1.165) is 50.1 Å². The maximum absolute atomic E-state index is 11.8. The number of benzene rings is 2. The lowest BCUT2D eigenvalue weighted by atomic mass is 10.0. The Bertz CT molecular complexity index is 1280. The van der Waals surface area contributed by atoms with Crippen LogP contribution in [0.4, 0.5) is 5.82 Å². The summed E-state index contributed by atoms with van der Waals surface area (Å²) in [5.74, 6) is 0.429. The zero-order valence-electron chi connectivity index (χ0n) is 15.1. The van der Waals surface area contributed by atoms with Crippen LogP contribution in [0, 0.1) is 0 Å². The second-order valence-electron chi connectivity index (χ2n) is 6.56. The first-order valence-electron chi connectivity index (χ1n) is 8.66. The van der Waals surface area contributed by atoms with Crippen molar-refractivity contribution in [2.75, 3.05) is 12.0 Å². The molecule has 0 amide bonds. The van der Waals surface area contributed by atoms with Crippen LogP contribution in [0.25, 0.3) is 32.2 Å². The predicted octanol–water partition coefficient (Wildman–Crippen LogP) is 4.45. The molecule has 27 heavy (non-hydrogen) atoms. The van der Waals surface area contributed by atoms with Gasteiger partial charge in [-0.25, -0.2) is 18.4 Å². The third-order valence-electron chi connectivity index (χ3n) is 4.46. The molecule has 138 valence electrons. The topological polar surface area (TPSA) is 85.9 Å². The first-order chi connectivity index (χ1) is 12.9. The van der Waals surface area contributed by atoms with Crippen LogP contribution in [0.2, 0.25) is 0 Å². The second-order valence-corrected chi connectivity index (χ2v) is 9.66. The van der Waals surface area contributed by atoms with Gasteiger partial charge in [-0.3, -0.25) is 0 Å². The summed E-state index contributed by atoms with van der Waals surface area (Å²) in [7, 11) is -3.26. The summed E-state index contributed by atoms with van der Waals surface area (Å²) in [5, 5.41) is 2.08. The number of hydrogen-bond donors (Lipinski definition) is 1. The van der Waals surface area contributed by atoms with Gasteiger partial charge in [0.25, 0.3) is 0 Å². The van der Waals surface area contributed by atoms with E-state index >= 15 is 0 Å². The lowest BCUT2D eigenvalue weighted by Crippen LogP contribution is -1.97. The molecule has 0 aliphatic rings. The van der Waals surface area contributed by atoms with Crippen LogP contribution in [0.1, 0.15) is 18.4 Å². The fourth-order valence-corrected chi connectivity index (χ4v) is 5.00. The molecule has 0 bridgehead atoms. The molecule has 5 nitrogen and oxygen atoms in total. The van der Waals surface area contributed by atoms with E-state index in [-0.39, 0.29) is 0 Å². The molecule has 0 atom stereocenters. The molecular formula is C20H19N3O2S2. The molecule has 2 aromatic heterocycles.